The molecule has 3 rings (SSSR count). The monoisotopic (exact) mass is 274 g/mol. The summed E-state index contributed by atoms with van der Waals surface area (Å²) in [7, 11) is 0. The summed E-state index contributed by atoms with van der Waals surface area (Å²) in [6, 6.07) is 8.62. The van der Waals surface area contributed by atoms with E-state index in [-0.39, 0.29) is 0 Å². The van der Waals surface area contributed by atoms with Gasteiger partial charge in [-0.25, -0.2) is 0 Å². The van der Waals surface area contributed by atoms with E-state index < -0.39 is 0 Å². The van der Waals surface area contributed by atoms with Gasteiger partial charge in [-0.05, 0) is 24.5 Å². The zero-order valence-corrected chi connectivity index (χ0v) is 11.9. The molecule has 0 fully saturated rings. The first-order valence-electron chi connectivity index (χ1n) is 6.76. The molecule has 4 nitrogen and oxygen atoms in total. The van der Waals surface area contributed by atoms with E-state index in [1.807, 2.05) is 0 Å². The topological polar surface area (TPSA) is 41.1 Å². The number of hydrogen-bond acceptors (Lipinski definition) is 5. The fraction of sp³-hybridized carbons (Fsp3) is 0.429. The Morgan fingerprint density at radius 2 is 2.26 bits per heavy atom. The molecule has 1 N–H and O–H groups in total. The van der Waals surface area contributed by atoms with Gasteiger partial charge in [0, 0.05) is 30.3 Å². The number of aromatic nitrogens is 2. The van der Waals surface area contributed by atoms with Crippen molar-refractivity contribution in [3.05, 3.63) is 35.5 Å². The molecule has 0 radical (unpaired) electrons. The number of fused-ring (bicyclic) bond motifs is 1. The van der Waals surface area contributed by atoms with Gasteiger partial charge in [-0.1, -0.05) is 29.6 Å². The molecule has 1 aromatic carbocycles. The molecule has 0 unspecified atom stereocenters. The lowest BCUT2D eigenvalue weighted by molar-refractivity contribution is 0.808. The summed E-state index contributed by atoms with van der Waals surface area (Å²) in [5.74, 6) is 0. The summed E-state index contributed by atoms with van der Waals surface area (Å²) in [5.41, 5.74) is 3.85. The Morgan fingerprint density at radius 1 is 1.37 bits per heavy atom. The number of benzene rings is 1. The fourth-order valence-electron chi connectivity index (χ4n) is 2.44. The van der Waals surface area contributed by atoms with Crippen molar-refractivity contribution in [2.24, 2.45) is 0 Å². The van der Waals surface area contributed by atoms with Crippen molar-refractivity contribution >= 4 is 22.2 Å². The van der Waals surface area contributed by atoms with E-state index in [4.69, 9.17) is 0 Å². The molecule has 2 heterocycles. The highest BCUT2D eigenvalue weighted by atomic mass is 32.1. The Kier molecular flexibility index (Phi) is 3.64. The number of nitrogens with zero attached hydrogens (tertiary/aromatic N) is 3. The molecule has 0 saturated heterocycles. The Bertz CT molecular complexity index is 552. The fourth-order valence-corrected chi connectivity index (χ4v) is 3.03. The third-order valence-corrected chi connectivity index (χ3v) is 4.14. The number of anilines is 2. The Balaban J connectivity index is 1.74. The van der Waals surface area contributed by atoms with Gasteiger partial charge in [0.25, 0.3) is 0 Å². The molecule has 1 aromatic heterocycles. The van der Waals surface area contributed by atoms with Crippen molar-refractivity contribution in [3.63, 3.8) is 0 Å². The van der Waals surface area contributed by atoms with Gasteiger partial charge in [0.05, 0.1) is 6.54 Å². The van der Waals surface area contributed by atoms with Crippen LogP contribution in [0.2, 0.25) is 0 Å². The summed E-state index contributed by atoms with van der Waals surface area (Å²) in [6.07, 6.45) is 2.25. The van der Waals surface area contributed by atoms with Gasteiger partial charge < -0.3 is 10.2 Å². The van der Waals surface area contributed by atoms with Crippen molar-refractivity contribution in [1.29, 1.82) is 0 Å². The van der Waals surface area contributed by atoms with Gasteiger partial charge >= 0.3 is 0 Å². The Labute approximate surface area is 117 Å². The first-order chi connectivity index (χ1) is 9.38. The number of para-hydroxylation sites is 1. The van der Waals surface area contributed by atoms with Gasteiger partial charge in [-0.15, -0.1) is 5.10 Å². The number of hydrogen-bond donors (Lipinski definition) is 1. The lowest BCUT2D eigenvalue weighted by Gasteiger charge is -2.18. The molecule has 5 heteroatoms. The molecule has 0 amide bonds. The van der Waals surface area contributed by atoms with Crippen molar-refractivity contribution < 1.29 is 0 Å². The van der Waals surface area contributed by atoms with E-state index >= 15 is 0 Å². The van der Waals surface area contributed by atoms with Crippen LogP contribution in [0.25, 0.3) is 0 Å². The largest absolute Gasteiger partial charge is 0.374 e. The van der Waals surface area contributed by atoms with E-state index in [2.05, 4.69) is 51.0 Å². The zero-order chi connectivity index (χ0) is 13.1. The Hall–Kier alpha value is -1.62. The van der Waals surface area contributed by atoms with Gasteiger partial charge in [0.1, 0.15) is 10.7 Å². The highest BCUT2D eigenvalue weighted by Crippen LogP contribution is 2.30. The first kappa shape index (κ1) is 12.4. The maximum atomic E-state index is 4.27. The summed E-state index contributed by atoms with van der Waals surface area (Å²) in [4.78, 5) is 2.39. The normalized spacial score (nSPS) is 13.6. The minimum atomic E-state index is 0.847. The van der Waals surface area contributed by atoms with Crippen molar-refractivity contribution in [2.75, 3.05) is 23.3 Å². The van der Waals surface area contributed by atoms with Crippen LogP contribution in [0.4, 0.5) is 10.7 Å². The van der Waals surface area contributed by atoms with Crippen LogP contribution in [0.3, 0.4) is 0 Å². The van der Waals surface area contributed by atoms with Gasteiger partial charge in [-0.3, -0.25) is 0 Å². The van der Waals surface area contributed by atoms with Crippen LogP contribution in [0.15, 0.2) is 24.3 Å². The summed E-state index contributed by atoms with van der Waals surface area (Å²) >= 11 is 1.46. The molecular weight excluding hydrogens is 256 g/mol. The standard InChI is InChI=1S/C14H18N4S/c1-2-8-15-14-12(16-17-19-14)10-18-9-7-11-5-3-4-6-13(11)18/h3-6,15H,2,7-10H2,1H3. The van der Waals surface area contributed by atoms with E-state index in [1.54, 1.807) is 0 Å². The van der Waals surface area contributed by atoms with Crippen LogP contribution < -0.4 is 10.2 Å². The minimum absolute atomic E-state index is 0.847. The maximum Gasteiger partial charge on any atom is 0.135 e. The van der Waals surface area contributed by atoms with Crippen LogP contribution in [-0.2, 0) is 13.0 Å². The van der Waals surface area contributed by atoms with E-state index in [0.717, 1.165) is 43.2 Å². The molecule has 2 aromatic rings. The third-order valence-electron chi connectivity index (χ3n) is 3.42. The van der Waals surface area contributed by atoms with E-state index in [1.165, 1.54) is 22.8 Å². The van der Waals surface area contributed by atoms with Crippen LogP contribution in [0.5, 0.6) is 0 Å². The molecule has 100 valence electrons. The summed E-state index contributed by atoms with van der Waals surface area (Å²) in [6.45, 7) is 5.06. The molecule has 0 aliphatic carbocycles. The van der Waals surface area contributed by atoms with E-state index in [9.17, 15) is 0 Å². The molecule has 0 spiro atoms. The Morgan fingerprint density at radius 3 is 3.16 bits per heavy atom. The molecule has 1 aliphatic rings. The predicted octanol–water partition coefficient (Wildman–Crippen LogP) is 2.92. The van der Waals surface area contributed by atoms with Gasteiger partial charge in [-0.2, -0.15) is 0 Å². The highest BCUT2D eigenvalue weighted by Gasteiger charge is 2.20. The van der Waals surface area contributed by atoms with Crippen LogP contribution in [0, 0.1) is 0 Å². The van der Waals surface area contributed by atoms with Crippen LogP contribution in [-0.4, -0.2) is 22.7 Å². The zero-order valence-electron chi connectivity index (χ0n) is 11.1. The molecule has 0 saturated carbocycles. The molecule has 1 aliphatic heterocycles. The third kappa shape index (κ3) is 2.56. The molecule has 19 heavy (non-hydrogen) atoms. The van der Waals surface area contributed by atoms with Crippen LogP contribution >= 0.6 is 11.5 Å². The average molecular weight is 274 g/mol. The van der Waals surface area contributed by atoms with Gasteiger partial charge in [0.15, 0.2) is 0 Å². The molecule has 0 atom stereocenters. The van der Waals surface area contributed by atoms with Gasteiger partial charge in [0.2, 0.25) is 0 Å². The minimum Gasteiger partial charge on any atom is -0.374 e. The molecule has 0 bridgehead atoms. The summed E-state index contributed by atoms with van der Waals surface area (Å²) < 4.78 is 4.08. The van der Waals surface area contributed by atoms with Crippen LogP contribution in [0.1, 0.15) is 24.6 Å². The molecular formula is C14H18N4S. The second-order valence-corrected chi connectivity index (χ2v) is 5.53. The van der Waals surface area contributed by atoms with Crippen molar-refractivity contribution in [2.45, 2.75) is 26.3 Å². The predicted molar refractivity (Wildman–Crippen MR) is 79.9 cm³/mol. The van der Waals surface area contributed by atoms with Crippen molar-refractivity contribution in [1.82, 2.24) is 9.59 Å². The smallest absolute Gasteiger partial charge is 0.135 e. The highest BCUT2D eigenvalue weighted by molar-refractivity contribution is 7.10. The second-order valence-electron chi connectivity index (χ2n) is 4.78. The van der Waals surface area contributed by atoms with E-state index in [0.29, 0.717) is 0 Å². The summed E-state index contributed by atoms with van der Waals surface area (Å²) in [5, 5.41) is 8.79. The SMILES string of the molecule is CCCNc1snnc1CN1CCc2ccccc21. The first-order valence-corrected chi connectivity index (χ1v) is 7.53. The quantitative estimate of drug-likeness (QED) is 0.910. The number of nitrogens with one attached hydrogen (secondary N) is 1. The maximum absolute atomic E-state index is 4.27. The lowest BCUT2D eigenvalue weighted by atomic mass is 10.2. The number of rotatable bonds is 5. The lowest BCUT2D eigenvalue weighted by Crippen LogP contribution is -2.20. The second kappa shape index (κ2) is 5.57. The van der Waals surface area contributed by atoms with Crippen molar-refractivity contribution in [3.8, 4) is 0 Å². The average Bonchev–Trinajstić information content (AvgIpc) is 3.05.